The van der Waals surface area contributed by atoms with Gasteiger partial charge < -0.3 is 19.0 Å². The van der Waals surface area contributed by atoms with Crippen LogP contribution in [0.4, 0.5) is 5.69 Å². The Labute approximate surface area is 167 Å². The summed E-state index contributed by atoms with van der Waals surface area (Å²) in [5, 5.41) is 3.63. The molecule has 8 heteroatoms. The van der Waals surface area contributed by atoms with Gasteiger partial charge in [-0.2, -0.15) is 0 Å². The predicted molar refractivity (Wildman–Crippen MR) is 106 cm³/mol. The minimum absolute atomic E-state index is 0.224. The topological polar surface area (TPSA) is 86.4 Å². The number of nitrogens with one attached hydrogen (secondary N) is 1. The van der Waals surface area contributed by atoms with Crippen LogP contribution in [0, 0.1) is 0 Å². The molecule has 0 saturated carbocycles. The number of carbonyl (C=O) groups is 2. The molecule has 3 aromatic rings. The van der Waals surface area contributed by atoms with Crippen LogP contribution in [0.15, 0.2) is 58.4 Å². The van der Waals surface area contributed by atoms with E-state index in [0.29, 0.717) is 29.4 Å². The van der Waals surface area contributed by atoms with Gasteiger partial charge in [-0.25, -0.2) is 9.78 Å². The number of imidazole rings is 1. The van der Waals surface area contributed by atoms with Crippen LogP contribution in [0.2, 0.25) is 0 Å². The number of carbonyl (C=O) groups excluding carboxylic acids is 2. The summed E-state index contributed by atoms with van der Waals surface area (Å²) in [6.07, 6.45) is 4.38. The number of amides is 1. The Hall–Kier alpha value is -3.00. The van der Waals surface area contributed by atoms with Crippen LogP contribution < -0.4 is 5.32 Å². The minimum Gasteiger partial charge on any atom is -0.462 e. The number of thioether (sulfide) groups is 1. The highest BCUT2D eigenvalue weighted by molar-refractivity contribution is 7.98. The van der Waals surface area contributed by atoms with Gasteiger partial charge in [0.15, 0.2) is 10.9 Å². The van der Waals surface area contributed by atoms with Crippen molar-refractivity contribution in [1.29, 1.82) is 0 Å². The molecule has 0 atom stereocenters. The molecule has 0 saturated heterocycles. The van der Waals surface area contributed by atoms with Crippen LogP contribution >= 0.6 is 11.8 Å². The molecule has 146 valence electrons. The number of anilines is 1. The van der Waals surface area contributed by atoms with Gasteiger partial charge in [0, 0.05) is 25.1 Å². The third-order valence-corrected chi connectivity index (χ3v) is 4.90. The molecular formula is C20H21N3O4S. The molecule has 0 aliphatic carbocycles. The molecule has 0 aliphatic heterocycles. The summed E-state index contributed by atoms with van der Waals surface area (Å²) >= 11 is 1.53. The van der Waals surface area contributed by atoms with Crippen LogP contribution in [0.3, 0.4) is 0 Å². The number of aryl methyl sites for hydroxylation is 1. The Morgan fingerprint density at radius 3 is 2.68 bits per heavy atom. The highest BCUT2D eigenvalue weighted by Crippen LogP contribution is 2.22. The maximum atomic E-state index is 12.4. The van der Waals surface area contributed by atoms with Gasteiger partial charge in [-0.3, -0.25) is 4.79 Å². The zero-order valence-corrected chi connectivity index (χ0v) is 16.5. The molecular weight excluding hydrogens is 378 g/mol. The van der Waals surface area contributed by atoms with Crippen molar-refractivity contribution in [1.82, 2.24) is 9.55 Å². The number of esters is 1. The molecule has 0 bridgehead atoms. The summed E-state index contributed by atoms with van der Waals surface area (Å²) < 4.78 is 12.6. The first kappa shape index (κ1) is 19.8. The monoisotopic (exact) mass is 399 g/mol. The molecule has 1 amide bonds. The van der Waals surface area contributed by atoms with E-state index in [1.807, 2.05) is 24.7 Å². The summed E-state index contributed by atoms with van der Waals surface area (Å²) in [6, 6.07) is 9.95. The standard InChI is InChI=1S/C20H21N3O4S/c1-3-12-26-19(25)14-4-6-15(7-5-14)22-18(24)17-9-8-16(27-17)13-28-20-21-10-11-23(20)2/h4-11H,3,12-13H2,1-2H3,(H,22,24). The maximum absolute atomic E-state index is 12.4. The average Bonchev–Trinajstić information content (AvgIpc) is 3.34. The van der Waals surface area contributed by atoms with Gasteiger partial charge in [0.25, 0.3) is 5.91 Å². The second-order valence-corrected chi connectivity index (χ2v) is 6.99. The van der Waals surface area contributed by atoms with Gasteiger partial charge in [0.05, 0.1) is 17.9 Å². The first-order valence-electron chi connectivity index (χ1n) is 8.84. The molecule has 1 aromatic carbocycles. The predicted octanol–water partition coefficient (Wildman–Crippen LogP) is 4.12. The summed E-state index contributed by atoms with van der Waals surface area (Å²) in [5.74, 6) is 0.761. The molecule has 0 aliphatic rings. The highest BCUT2D eigenvalue weighted by Gasteiger charge is 2.13. The van der Waals surface area contributed by atoms with E-state index in [-0.39, 0.29) is 17.6 Å². The molecule has 28 heavy (non-hydrogen) atoms. The molecule has 0 fully saturated rings. The summed E-state index contributed by atoms with van der Waals surface area (Å²) in [7, 11) is 1.92. The number of ether oxygens (including phenoxy) is 1. The number of benzene rings is 1. The van der Waals surface area contributed by atoms with E-state index < -0.39 is 0 Å². The van der Waals surface area contributed by atoms with Crippen molar-refractivity contribution in [3.8, 4) is 0 Å². The Kier molecular flexibility index (Phi) is 6.54. The third kappa shape index (κ3) is 5.04. The van der Waals surface area contributed by atoms with Gasteiger partial charge >= 0.3 is 5.97 Å². The van der Waals surface area contributed by atoms with Crippen molar-refractivity contribution < 1.29 is 18.7 Å². The van der Waals surface area contributed by atoms with Crippen molar-refractivity contribution >= 4 is 29.3 Å². The SMILES string of the molecule is CCCOC(=O)c1ccc(NC(=O)c2ccc(CSc3nccn3C)o2)cc1. The first-order chi connectivity index (χ1) is 13.6. The number of hydrogen-bond acceptors (Lipinski definition) is 6. The van der Waals surface area contributed by atoms with E-state index >= 15 is 0 Å². The largest absolute Gasteiger partial charge is 0.462 e. The fourth-order valence-electron chi connectivity index (χ4n) is 2.36. The lowest BCUT2D eigenvalue weighted by atomic mass is 10.2. The molecule has 0 radical (unpaired) electrons. The van der Waals surface area contributed by atoms with Crippen molar-refractivity contribution in [3.63, 3.8) is 0 Å². The molecule has 3 rings (SSSR count). The molecule has 0 unspecified atom stereocenters. The van der Waals surface area contributed by atoms with Crippen molar-refractivity contribution in [2.24, 2.45) is 7.05 Å². The minimum atomic E-state index is -0.374. The van der Waals surface area contributed by atoms with Gasteiger partial charge in [-0.1, -0.05) is 18.7 Å². The molecule has 1 N–H and O–H groups in total. The van der Waals surface area contributed by atoms with Gasteiger partial charge in [0.1, 0.15) is 5.76 Å². The third-order valence-electron chi connectivity index (χ3n) is 3.82. The van der Waals surface area contributed by atoms with E-state index in [0.717, 1.165) is 11.6 Å². The fourth-order valence-corrected chi connectivity index (χ4v) is 3.19. The summed E-state index contributed by atoms with van der Waals surface area (Å²) in [4.78, 5) is 28.4. The number of rotatable bonds is 8. The lowest BCUT2D eigenvalue weighted by Gasteiger charge is -2.06. The van der Waals surface area contributed by atoms with Gasteiger partial charge in [-0.05, 0) is 42.8 Å². The zero-order valence-electron chi connectivity index (χ0n) is 15.7. The Balaban J connectivity index is 1.55. The van der Waals surface area contributed by atoms with Gasteiger partial charge in [0.2, 0.25) is 0 Å². The average molecular weight is 399 g/mol. The Bertz CT molecular complexity index is 947. The molecule has 0 spiro atoms. The van der Waals surface area contributed by atoms with Crippen molar-refractivity contribution in [3.05, 3.63) is 65.9 Å². The van der Waals surface area contributed by atoms with Crippen LogP contribution in [0.1, 0.15) is 40.0 Å². The quantitative estimate of drug-likeness (QED) is 0.453. The van der Waals surface area contributed by atoms with E-state index in [1.54, 1.807) is 42.6 Å². The second-order valence-electron chi connectivity index (χ2n) is 6.04. The van der Waals surface area contributed by atoms with Gasteiger partial charge in [-0.15, -0.1) is 0 Å². The number of furan rings is 1. The lowest BCUT2D eigenvalue weighted by Crippen LogP contribution is -2.11. The van der Waals surface area contributed by atoms with Crippen LogP contribution in [-0.2, 0) is 17.5 Å². The Morgan fingerprint density at radius 2 is 2.00 bits per heavy atom. The fraction of sp³-hybridized carbons (Fsp3) is 0.250. The zero-order chi connectivity index (χ0) is 19.9. The highest BCUT2D eigenvalue weighted by atomic mass is 32.2. The normalized spacial score (nSPS) is 10.6. The maximum Gasteiger partial charge on any atom is 0.338 e. The lowest BCUT2D eigenvalue weighted by molar-refractivity contribution is 0.0505. The number of aromatic nitrogens is 2. The number of hydrogen-bond donors (Lipinski definition) is 1. The van der Waals surface area contributed by atoms with Crippen LogP contribution in [0.25, 0.3) is 0 Å². The second kappa shape index (κ2) is 9.27. The van der Waals surface area contributed by atoms with Crippen LogP contribution in [-0.4, -0.2) is 28.0 Å². The van der Waals surface area contributed by atoms with E-state index in [2.05, 4.69) is 10.3 Å². The summed E-state index contributed by atoms with van der Waals surface area (Å²) in [6.45, 7) is 2.32. The summed E-state index contributed by atoms with van der Waals surface area (Å²) in [5.41, 5.74) is 1.01. The smallest absolute Gasteiger partial charge is 0.338 e. The molecule has 2 aromatic heterocycles. The molecule has 7 nitrogen and oxygen atoms in total. The van der Waals surface area contributed by atoms with E-state index in [4.69, 9.17) is 9.15 Å². The Morgan fingerprint density at radius 1 is 1.21 bits per heavy atom. The van der Waals surface area contributed by atoms with Crippen LogP contribution in [0.5, 0.6) is 0 Å². The van der Waals surface area contributed by atoms with E-state index in [9.17, 15) is 9.59 Å². The number of nitrogens with zero attached hydrogens (tertiary/aromatic N) is 2. The molecule has 2 heterocycles. The first-order valence-corrected chi connectivity index (χ1v) is 9.82. The van der Waals surface area contributed by atoms with E-state index in [1.165, 1.54) is 11.8 Å². The van der Waals surface area contributed by atoms with Crippen molar-refractivity contribution in [2.45, 2.75) is 24.3 Å². The van der Waals surface area contributed by atoms with Crippen molar-refractivity contribution in [2.75, 3.05) is 11.9 Å².